The Bertz CT molecular complexity index is 1480. The van der Waals surface area contributed by atoms with Crippen molar-refractivity contribution in [2.24, 2.45) is 0 Å². The van der Waals surface area contributed by atoms with Crippen LogP contribution in [0.4, 0.5) is 11.4 Å². The van der Waals surface area contributed by atoms with Crippen LogP contribution in [0.5, 0.6) is 17.4 Å². The number of aromatic amines is 1. The van der Waals surface area contributed by atoms with Gasteiger partial charge in [-0.05, 0) is 35.9 Å². The number of anilines is 2. The van der Waals surface area contributed by atoms with E-state index in [4.69, 9.17) is 14.2 Å². The minimum Gasteiger partial charge on any atom is -0.481 e. The molecule has 37 heavy (non-hydrogen) atoms. The molecule has 4 aromatic rings. The molecule has 4 heterocycles. The van der Waals surface area contributed by atoms with E-state index in [-0.39, 0.29) is 11.7 Å². The molecule has 0 amide bonds. The molecule has 2 N–H and O–H groups in total. The van der Waals surface area contributed by atoms with Crippen LogP contribution >= 0.6 is 0 Å². The Morgan fingerprint density at radius 2 is 2.08 bits per heavy atom. The second kappa shape index (κ2) is 9.99. The standard InChI is InChI=1S/C29H28N4O4/c1-35-29-20(5-3-10-31-29)17-32-22-7-8-25-21(15-22)14-19-4-2-6-24(28(19)37-25)26-18-33(12-13-36-26)23-9-11-30-27(34)16-23/h2-11,15-16,26,32H,12-14,17-18H2,1H3,(H,30,34). The summed E-state index contributed by atoms with van der Waals surface area (Å²) in [4.78, 5) is 21.0. The highest BCUT2D eigenvalue weighted by molar-refractivity contribution is 5.59. The molecule has 1 atom stereocenters. The lowest BCUT2D eigenvalue weighted by Gasteiger charge is -2.36. The Morgan fingerprint density at radius 1 is 1.14 bits per heavy atom. The predicted octanol–water partition coefficient (Wildman–Crippen LogP) is 4.67. The first-order valence-electron chi connectivity index (χ1n) is 12.4. The number of H-pyrrole nitrogens is 1. The van der Waals surface area contributed by atoms with E-state index >= 15 is 0 Å². The average molecular weight is 497 g/mol. The van der Waals surface area contributed by atoms with Crippen LogP contribution in [0.2, 0.25) is 0 Å². The van der Waals surface area contributed by atoms with Gasteiger partial charge in [0.05, 0.1) is 13.7 Å². The average Bonchev–Trinajstić information content (AvgIpc) is 2.94. The van der Waals surface area contributed by atoms with Crippen LogP contribution in [0.1, 0.15) is 28.4 Å². The number of nitrogens with one attached hydrogen (secondary N) is 2. The van der Waals surface area contributed by atoms with Crippen molar-refractivity contribution in [1.29, 1.82) is 0 Å². The van der Waals surface area contributed by atoms with Crippen LogP contribution in [-0.4, -0.2) is 36.8 Å². The summed E-state index contributed by atoms with van der Waals surface area (Å²) in [5, 5.41) is 3.47. The van der Waals surface area contributed by atoms with E-state index in [0.717, 1.165) is 58.1 Å². The Hall–Kier alpha value is -4.30. The second-order valence-corrected chi connectivity index (χ2v) is 9.18. The number of para-hydroxylation sites is 1. The van der Waals surface area contributed by atoms with E-state index in [0.29, 0.717) is 25.6 Å². The van der Waals surface area contributed by atoms with Gasteiger partial charge in [0.2, 0.25) is 11.4 Å². The molecule has 8 nitrogen and oxygen atoms in total. The molecule has 6 rings (SSSR count). The maximum atomic E-state index is 11.8. The predicted molar refractivity (Wildman–Crippen MR) is 142 cm³/mol. The molecule has 1 fully saturated rings. The molecule has 2 aromatic carbocycles. The number of rotatable bonds is 6. The number of hydrogen-bond acceptors (Lipinski definition) is 7. The van der Waals surface area contributed by atoms with E-state index in [1.54, 1.807) is 25.6 Å². The quantitative estimate of drug-likeness (QED) is 0.353. The first kappa shape index (κ1) is 23.1. The van der Waals surface area contributed by atoms with Crippen molar-refractivity contribution >= 4 is 11.4 Å². The van der Waals surface area contributed by atoms with Crippen molar-refractivity contribution in [2.45, 2.75) is 19.1 Å². The van der Waals surface area contributed by atoms with Crippen molar-refractivity contribution < 1.29 is 14.2 Å². The molecule has 1 unspecified atom stereocenters. The van der Waals surface area contributed by atoms with Gasteiger partial charge >= 0.3 is 0 Å². The summed E-state index contributed by atoms with van der Waals surface area (Å²) in [6.45, 7) is 2.57. The largest absolute Gasteiger partial charge is 0.481 e. The lowest BCUT2D eigenvalue weighted by molar-refractivity contribution is 0.0384. The summed E-state index contributed by atoms with van der Waals surface area (Å²) >= 11 is 0. The molecule has 2 aliphatic rings. The van der Waals surface area contributed by atoms with Gasteiger partial charge in [-0.1, -0.05) is 24.3 Å². The molecule has 1 saturated heterocycles. The molecule has 188 valence electrons. The van der Waals surface area contributed by atoms with Gasteiger partial charge in [0.25, 0.3) is 0 Å². The molecular weight excluding hydrogens is 468 g/mol. The summed E-state index contributed by atoms with van der Waals surface area (Å²) in [6.07, 6.45) is 4.03. The zero-order valence-corrected chi connectivity index (χ0v) is 20.6. The minimum atomic E-state index is -0.153. The lowest BCUT2D eigenvalue weighted by Crippen LogP contribution is -2.39. The van der Waals surface area contributed by atoms with E-state index in [1.165, 1.54) is 0 Å². The summed E-state index contributed by atoms with van der Waals surface area (Å²) in [5.41, 5.74) is 6.09. The minimum absolute atomic E-state index is 0.106. The molecule has 2 aliphatic heterocycles. The Labute approximate surface area is 214 Å². The highest BCUT2D eigenvalue weighted by atomic mass is 16.5. The van der Waals surface area contributed by atoms with Gasteiger partial charge in [0.1, 0.15) is 17.6 Å². The number of morpholine rings is 1. The third kappa shape index (κ3) is 4.75. The van der Waals surface area contributed by atoms with E-state index in [2.05, 4.69) is 44.5 Å². The molecule has 0 spiro atoms. The van der Waals surface area contributed by atoms with Crippen LogP contribution < -0.4 is 25.2 Å². The summed E-state index contributed by atoms with van der Waals surface area (Å²) < 4.78 is 18.0. The van der Waals surface area contributed by atoms with Gasteiger partial charge in [0, 0.05) is 72.6 Å². The second-order valence-electron chi connectivity index (χ2n) is 9.18. The Kier molecular flexibility index (Phi) is 6.24. The van der Waals surface area contributed by atoms with Gasteiger partial charge in [0.15, 0.2) is 0 Å². The summed E-state index contributed by atoms with van der Waals surface area (Å²) in [5.74, 6) is 2.35. The molecule has 0 radical (unpaired) electrons. The molecular formula is C29H28N4O4. The fraction of sp³-hybridized carbons (Fsp3) is 0.241. The molecule has 0 saturated carbocycles. The number of aromatic nitrogens is 2. The van der Waals surface area contributed by atoms with Gasteiger partial charge in [-0.2, -0.15) is 0 Å². The highest BCUT2D eigenvalue weighted by Gasteiger charge is 2.28. The van der Waals surface area contributed by atoms with Crippen LogP contribution in [0.15, 0.2) is 77.9 Å². The van der Waals surface area contributed by atoms with Crippen LogP contribution in [0.3, 0.4) is 0 Å². The molecule has 0 bridgehead atoms. The first-order valence-corrected chi connectivity index (χ1v) is 12.4. The van der Waals surface area contributed by atoms with E-state index < -0.39 is 0 Å². The van der Waals surface area contributed by atoms with Gasteiger partial charge < -0.3 is 29.4 Å². The van der Waals surface area contributed by atoms with Gasteiger partial charge in [-0.15, -0.1) is 0 Å². The number of benzene rings is 2. The Balaban J connectivity index is 1.20. The lowest BCUT2D eigenvalue weighted by atomic mass is 9.95. The van der Waals surface area contributed by atoms with Crippen molar-refractivity contribution in [2.75, 3.05) is 37.0 Å². The van der Waals surface area contributed by atoms with Crippen molar-refractivity contribution in [3.8, 4) is 17.4 Å². The van der Waals surface area contributed by atoms with Crippen LogP contribution in [0.25, 0.3) is 0 Å². The maximum Gasteiger partial charge on any atom is 0.249 e. The summed E-state index contributed by atoms with van der Waals surface area (Å²) in [6, 6.07) is 19.9. The van der Waals surface area contributed by atoms with Crippen molar-refractivity contribution in [3.63, 3.8) is 0 Å². The fourth-order valence-corrected chi connectivity index (χ4v) is 5.01. The zero-order valence-electron chi connectivity index (χ0n) is 20.6. The summed E-state index contributed by atoms with van der Waals surface area (Å²) in [7, 11) is 1.63. The van der Waals surface area contributed by atoms with E-state index in [1.807, 2.05) is 30.3 Å². The van der Waals surface area contributed by atoms with E-state index in [9.17, 15) is 4.79 Å². The normalized spacial score (nSPS) is 16.4. The van der Waals surface area contributed by atoms with Gasteiger partial charge in [-0.25, -0.2) is 4.98 Å². The zero-order chi connectivity index (χ0) is 25.2. The topological polar surface area (TPSA) is 88.7 Å². The van der Waals surface area contributed by atoms with Crippen molar-refractivity contribution in [1.82, 2.24) is 9.97 Å². The number of ether oxygens (including phenoxy) is 3. The van der Waals surface area contributed by atoms with Crippen molar-refractivity contribution in [3.05, 3.63) is 106 Å². The van der Waals surface area contributed by atoms with Crippen LogP contribution in [-0.2, 0) is 17.7 Å². The number of nitrogens with zero attached hydrogens (tertiary/aromatic N) is 2. The maximum absolute atomic E-state index is 11.8. The highest BCUT2D eigenvalue weighted by Crippen LogP contribution is 2.43. The third-order valence-corrected chi connectivity index (χ3v) is 6.84. The number of fused-ring (bicyclic) bond motifs is 2. The molecule has 0 aliphatic carbocycles. The number of hydrogen-bond donors (Lipinski definition) is 2. The monoisotopic (exact) mass is 496 g/mol. The number of pyridine rings is 2. The van der Waals surface area contributed by atoms with Gasteiger partial charge in [-0.3, -0.25) is 4.79 Å². The third-order valence-electron chi connectivity index (χ3n) is 6.84. The number of methoxy groups -OCH3 is 1. The first-order chi connectivity index (χ1) is 18.2. The fourth-order valence-electron chi connectivity index (χ4n) is 5.01. The SMILES string of the molecule is COc1ncccc1CNc1ccc2c(c1)Cc1cccc(C3CN(c4cc[nH]c(=O)c4)CCO3)c1O2. The molecule has 8 heteroatoms. The smallest absolute Gasteiger partial charge is 0.249 e. The Morgan fingerprint density at radius 3 is 2.97 bits per heavy atom. The van der Waals surface area contributed by atoms with Crippen LogP contribution in [0, 0.1) is 0 Å². The molecule has 2 aromatic heterocycles.